The molecule has 0 saturated carbocycles. The molecule has 0 aromatic heterocycles. The van der Waals surface area contributed by atoms with Crippen molar-refractivity contribution in [1.29, 1.82) is 0 Å². The number of thiocarbonyl (C=S) groups is 1. The molecule has 2 nitrogen and oxygen atoms in total. The third kappa shape index (κ3) is 3.08. The molecule has 0 bridgehead atoms. The van der Waals surface area contributed by atoms with Gasteiger partial charge >= 0.3 is 0 Å². The number of rotatable bonds is 3. The van der Waals surface area contributed by atoms with Crippen LogP contribution in [0.25, 0.3) is 0 Å². The summed E-state index contributed by atoms with van der Waals surface area (Å²) in [6.07, 6.45) is 0. The van der Waals surface area contributed by atoms with Crippen molar-refractivity contribution in [3.63, 3.8) is 0 Å². The van der Waals surface area contributed by atoms with Crippen molar-refractivity contribution < 1.29 is 13.5 Å². The van der Waals surface area contributed by atoms with E-state index >= 15 is 0 Å². The molecule has 2 rings (SSSR count). The average Bonchev–Trinajstić information content (AvgIpc) is 2.35. The molecular weight excluding hydrogens is 336 g/mol. The summed E-state index contributed by atoms with van der Waals surface area (Å²) in [5, 5.41) is 0. The highest BCUT2D eigenvalue weighted by Crippen LogP contribution is 2.32. The van der Waals surface area contributed by atoms with Gasteiger partial charge in [0.2, 0.25) is 0 Å². The lowest BCUT2D eigenvalue weighted by atomic mass is 10.2. The molecule has 0 atom stereocenters. The average molecular weight is 344 g/mol. The maximum Gasteiger partial charge on any atom is 0.198 e. The van der Waals surface area contributed by atoms with E-state index in [0.717, 1.165) is 12.1 Å². The normalized spacial score (nSPS) is 10.3. The molecule has 2 N–H and O–H groups in total. The maximum absolute atomic E-state index is 13.8. The van der Waals surface area contributed by atoms with Crippen molar-refractivity contribution in [3.05, 3.63) is 58.1 Å². The van der Waals surface area contributed by atoms with Gasteiger partial charge in [-0.1, -0.05) is 24.4 Å². The second-order valence-electron chi connectivity index (χ2n) is 3.67. The van der Waals surface area contributed by atoms with Crippen LogP contribution in [0.3, 0.4) is 0 Å². The highest BCUT2D eigenvalue weighted by atomic mass is 79.9. The number of nitrogens with two attached hydrogens (primary N) is 1. The van der Waals surface area contributed by atoms with Crippen LogP contribution in [-0.4, -0.2) is 4.99 Å². The lowest BCUT2D eigenvalue weighted by Crippen LogP contribution is -2.10. The number of para-hydroxylation sites is 1. The van der Waals surface area contributed by atoms with Gasteiger partial charge in [-0.2, -0.15) is 0 Å². The van der Waals surface area contributed by atoms with Crippen molar-refractivity contribution in [2.75, 3.05) is 0 Å². The molecule has 0 amide bonds. The van der Waals surface area contributed by atoms with Crippen LogP contribution < -0.4 is 10.5 Å². The molecule has 0 aliphatic heterocycles. The standard InChI is InChI=1S/C13H8BrF2NOS/c14-8-3-1-2-4-11(8)18-12-9(15)5-7(13(17)19)6-10(12)16/h1-6H,(H2,17,19). The van der Waals surface area contributed by atoms with Gasteiger partial charge in [-0.25, -0.2) is 8.78 Å². The molecule has 6 heteroatoms. The van der Waals surface area contributed by atoms with E-state index in [-0.39, 0.29) is 10.6 Å². The molecule has 98 valence electrons. The zero-order valence-electron chi connectivity index (χ0n) is 9.49. The van der Waals surface area contributed by atoms with E-state index in [9.17, 15) is 8.78 Å². The fourth-order valence-electron chi connectivity index (χ4n) is 1.44. The maximum atomic E-state index is 13.8. The monoisotopic (exact) mass is 343 g/mol. The van der Waals surface area contributed by atoms with Gasteiger partial charge < -0.3 is 10.5 Å². The lowest BCUT2D eigenvalue weighted by Gasteiger charge is -2.10. The number of halogens is 3. The summed E-state index contributed by atoms with van der Waals surface area (Å²) < 4.78 is 33.4. The molecule has 0 unspecified atom stereocenters. The van der Waals surface area contributed by atoms with E-state index in [1.165, 1.54) is 0 Å². The van der Waals surface area contributed by atoms with Gasteiger partial charge in [0.15, 0.2) is 17.4 Å². The van der Waals surface area contributed by atoms with Crippen LogP contribution in [0.4, 0.5) is 8.78 Å². The van der Waals surface area contributed by atoms with Gasteiger partial charge in [0, 0.05) is 5.56 Å². The van der Waals surface area contributed by atoms with Gasteiger partial charge in [0.25, 0.3) is 0 Å². The number of hydrogen-bond donors (Lipinski definition) is 1. The Morgan fingerprint density at radius 1 is 1.16 bits per heavy atom. The summed E-state index contributed by atoms with van der Waals surface area (Å²) in [5.41, 5.74) is 5.44. The van der Waals surface area contributed by atoms with Crippen molar-refractivity contribution >= 4 is 33.1 Å². The smallest absolute Gasteiger partial charge is 0.198 e. The first kappa shape index (κ1) is 13.9. The Morgan fingerprint density at radius 3 is 2.26 bits per heavy atom. The largest absolute Gasteiger partial charge is 0.450 e. The molecule has 0 spiro atoms. The van der Waals surface area contributed by atoms with Crippen LogP contribution in [0.15, 0.2) is 40.9 Å². The van der Waals surface area contributed by atoms with Crippen LogP contribution in [0.2, 0.25) is 0 Å². The van der Waals surface area contributed by atoms with E-state index in [2.05, 4.69) is 28.1 Å². The van der Waals surface area contributed by atoms with Gasteiger partial charge in [-0.15, -0.1) is 0 Å². The summed E-state index contributed by atoms with van der Waals surface area (Å²) in [5.74, 6) is -1.91. The second kappa shape index (κ2) is 5.63. The Bertz CT molecular complexity index is 625. The molecule has 0 aliphatic carbocycles. The lowest BCUT2D eigenvalue weighted by molar-refractivity contribution is 0.405. The Labute approximate surface area is 122 Å². The third-order valence-electron chi connectivity index (χ3n) is 2.33. The zero-order valence-corrected chi connectivity index (χ0v) is 11.9. The molecule has 2 aromatic rings. The molecule has 0 saturated heterocycles. The van der Waals surface area contributed by atoms with Crippen LogP contribution in [0.5, 0.6) is 11.5 Å². The van der Waals surface area contributed by atoms with Crippen LogP contribution in [-0.2, 0) is 0 Å². The summed E-state index contributed by atoms with van der Waals surface area (Å²) >= 11 is 7.90. The van der Waals surface area contributed by atoms with Gasteiger partial charge in [0.1, 0.15) is 10.7 Å². The fraction of sp³-hybridized carbons (Fsp3) is 0. The van der Waals surface area contributed by atoms with E-state index in [0.29, 0.717) is 10.2 Å². The number of hydrogen-bond acceptors (Lipinski definition) is 2. The second-order valence-corrected chi connectivity index (χ2v) is 4.96. The highest BCUT2D eigenvalue weighted by molar-refractivity contribution is 9.10. The molecule has 0 heterocycles. The van der Waals surface area contributed by atoms with E-state index in [4.69, 9.17) is 10.5 Å². The van der Waals surface area contributed by atoms with Crippen LogP contribution >= 0.6 is 28.1 Å². The third-order valence-corrected chi connectivity index (χ3v) is 3.22. The first-order chi connectivity index (χ1) is 8.99. The predicted molar refractivity (Wildman–Crippen MR) is 76.5 cm³/mol. The van der Waals surface area contributed by atoms with E-state index < -0.39 is 17.4 Å². The fourth-order valence-corrected chi connectivity index (χ4v) is 1.92. The van der Waals surface area contributed by atoms with Gasteiger partial charge in [-0.05, 0) is 40.2 Å². The molecule has 0 aliphatic rings. The first-order valence-electron chi connectivity index (χ1n) is 5.20. The SMILES string of the molecule is NC(=S)c1cc(F)c(Oc2ccccc2Br)c(F)c1. The Kier molecular flexibility index (Phi) is 4.11. The Morgan fingerprint density at radius 2 is 1.74 bits per heavy atom. The van der Waals surface area contributed by atoms with Crippen molar-refractivity contribution in [1.82, 2.24) is 0 Å². The molecule has 2 aromatic carbocycles. The minimum absolute atomic E-state index is 0.0785. The number of ether oxygens (including phenoxy) is 1. The molecular formula is C13H8BrF2NOS. The summed E-state index contributed by atoms with van der Waals surface area (Å²) in [6.45, 7) is 0. The van der Waals surface area contributed by atoms with Gasteiger partial charge in [-0.3, -0.25) is 0 Å². The van der Waals surface area contributed by atoms with Crippen LogP contribution in [0, 0.1) is 11.6 Å². The van der Waals surface area contributed by atoms with Crippen LogP contribution in [0.1, 0.15) is 5.56 Å². The van der Waals surface area contributed by atoms with Gasteiger partial charge in [0.05, 0.1) is 4.47 Å². The van der Waals surface area contributed by atoms with E-state index in [1.54, 1.807) is 24.3 Å². The van der Waals surface area contributed by atoms with Crippen molar-refractivity contribution in [3.8, 4) is 11.5 Å². The minimum atomic E-state index is -0.862. The summed E-state index contributed by atoms with van der Waals surface area (Å²) in [7, 11) is 0. The number of benzene rings is 2. The minimum Gasteiger partial charge on any atom is -0.450 e. The topological polar surface area (TPSA) is 35.2 Å². The predicted octanol–water partition coefficient (Wildman–Crippen LogP) is 4.15. The highest BCUT2D eigenvalue weighted by Gasteiger charge is 2.15. The quantitative estimate of drug-likeness (QED) is 0.850. The zero-order chi connectivity index (χ0) is 14.0. The molecule has 0 radical (unpaired) electrons. The molecule has 0 fully saturated rings. The summed E-state index contributed by atoms with van der Waals surface area (Å²) in [4.78, 5) is -0.0785. The summed E-state index contributed by atoms with van der Waals surface area (Å²) in [6, 6.07) is 8.83. The Hall–Kier alpha value is -1.53. The van der Waals surface area contributed by atoms with E-state index in [1.807, 2.05) is 0 Å². The Balaban J connectivity index is 2.42. The van der Waals surface area contributed by atoms with Crippen molar-refractivity contribution in [2.24, 2.45) is 5.73 Å². The molecule has 19 heavy (non-hydrogen) atoms. The first-order valence-corrected chi connectivity index (χ1v) is 6.40. The van der Waals surface area contributed by atoms with Crippen molar-refractivity contribution in [2.45, 2.75) is 0 Å².